The van der Waals surface area contributed by atoms with Crippen LogP contribution in [0.2, 0.25) is 0 Å². The first-order chi connectivity index (χ1) is 8.45. The first-order valence-electron chi connectivity index (χ1n) is 5.48. The molecule has 0 radical (unpaired) electrons. The number of carboxylic acids is 1. The van der Waals surface area contributed by atoms with Gasteiger partial charge in [0.2, 0.25) is 0 Å². The molecule has 0 spiro atoms. The van der Waals surface area contributed by atoms with Gasteiger partial charge in [0, 0.05) is 5.75 Å². The van der Waals surface area contributed by atoms with Gasteiger partial charge in [-0.05, 0) is 29.7 Å². The van der Waals surface area contributed by atoms with E-state index in [1.54, 1.807) is 0 Å². The van der Waals surface area contributed by atoms with Crippen molar-refractivity contribution in [3.8, 4) is 6.07 Å². The van der Waals surface area contributed by atoms with E-state index in [2.05, 4.69) is 0 Å². The van der Waals surface area contributed by atoms with E-state index in [1.807, 2.05) is 19.9 Å². The van der Waals surface area contributed by atoms with Gasteiger partial charge < -0.3 is 5.11 Å². The normalized spacial score (nSPS) is 12.2. The fourth-order valence-electron chi connectivity index (χ4n) is 1.48. The molecule has 0 amide bonds. The van der Waals surface area contributed by atoms with Crippen LogP contribution in [0.5, 0.6) is 0 Å². The monoisotopic (exact) mass is 267 g/mol. The second kappa shape index (κ2) is 6.41. The molecule has 3 nitrogen and oxygen atoms in total. The SMILES string of the molecule is CC(C)C(SCc1cc(C#N)ccc1F)C(=O)O. The van der Waals surface area contributed by atoms with Gasteiger partial charge in [0.05, 0.1) is 11.6 Å². The van der Waals surface area contributed by atoms with E-state index in [-0.39, 0.29) is 11.7 Å². The van der Waals surface area contributed by atoms with Crippen LogP contribution >= 0.6 is 11.8 Å². The molecule has 0 saturated carbocycles. The van der Waals surface area contributed by atoms with Crippen molar-refractivity contribution < 1.29 is 14.3 Å². The molecule has 1 aromatic rings. The summed E-state index contributed by atoms with van der Waals surface area (Å²) in [6.45, 7) is 3.63. The first kappa shape index (κ1) is 14.5. The van der Waals surface area contributed by atoms with Gasteiger partial charge in [-0.15, -0.1) is 11.8 Å². The molecule has 0 aliphatic carbocycles. The molecule has 1 rings (SSSR count). The van der Waals surface area contributed by atoms with E-state index < -0.39 is 17.0 Å². The zero-order valence-electron chi connectivity index (χ0n) is 10.2. The summed E-state index contributed by atoms with van der Waals surface area (Å²) in [5.74, 6) is -1.09. The summed E-state index contributed by atoms with van der Waals surface area (Å²) in [6.07, 6.45) is 0. The van der Waals surface area contributed by atoms with Crippen LogP contribution in [0.3, 0.4) is 0 Å². The number of thioether (sulfide) groups is 1. The van der Waals surface area contributed by atoms with Crippen LogP contribution in [0.15, 0.2) is 18.2 Å². The Balaban J connectivity index is 2.79. The number of hydrogen-bond acceptors (Lipinski definition) is 3. The van der Waals surface area contributed by atoms with E-state index in [0.717, 1.165) is 0 Å². The van der Waals surface area contributed by atoms with E-state index in [0.29, 0.717) is 11.1 Å². The van der Waals surface area contributed by atoms with Crippen molar-refractivity contribution in [3.05, 3.63) is 35.1 Å². The van der Waals surface area contributed by atoms with Crippen molar-refractivity contribution in [1.82, 2.24) is 0 Å². The Morgan fingerprint density at radius 1 is 1.56 bits per heavy atom. The van der Waals surface area contributed by atoms with Gasteiger partial charge in [-0.3, -0.25) is 4.79 Å². The van der Waals surface area contributed by atoms with Crippen LogP contribution in [0.1, 0.15) is 25.0 Å². The third kappa shape index (κ3) is 3.74. The summed E-state index contributed by atoms with van der Waals surface area (Å²) in [5, 5.41) is 17.2. The van der Waals surface area contributed by atoms with Crippen molar-refractivity contribution in [3.63, 3.8) is 0 Å². The Labute approximate surface area is 110 Å². The molecule has 0 bridgehead atoms. The van der Waals surface area contributed by atoms with Gasteiger partial charge in [-0.1, -0.05) is 13.8 Å². The fourth-order valence-corrected chi connectivity index (χ4v) is 2.59. The lowest BCUT2D eigenvalue weighted by atomic mass is 10.1. The van der Waals surface area contributed by atoms with Gasteiger partial charge >= 0.3 is 5.97 Å². The van der Waals surface area contributed by atoms with E-state index in [4.69, 9.17) is 10.4 Å². The van der Waals surface area contributed by atoms with E-state index in [1.165, 1.54) is 30.0 Å². The molecule has 1 N–H and O–H groups in total. The maximum atomic E-state index is 13.5. The highest BCUT2D eigenvalue weighted by Gasteiger charge is 2.22. The molecule has 0 heterocycles. The van der Waals surface area contributed by atoms with E-state index in [9.17, 15) is 9.18 Å². The van der Waals surface area contributed by atoms with Crippen LogP contribution in [0.4, 0.5) is 4.39 Å². The molecular weight excluding hydrogens is 253 g/mol. The Morgan fingerprint density at radius 3 is 2.72 bits per heavy atom. The third-order valence-electron chi connectivity index (χ3n) is 2.44. The second-order valence-electron chi connectivity index (χ2n) is 4.23. The summed E-state index contributed by atoms with van der Waals surface area (Å²) in [7, 11) is 0. The number of nitrogens with zero attached hydrogens (tertiary/aromatic N) is 1. The minimum atomic E-state index is -0.896. The molecule has 18 heavy (non-hydrogen) atoms. The van der Waals surface area contributed by atoms with Crippen molar-refractivity contribution >= 4 is 17.7 Å². The average Bonchev–Trinajstić information content (AvgIpc) is 2.30. The number of hydrogen-bond donors (Lipinski definition) is 1. The molecule has 96 valence electrons. The minimum absolute atomic E-state index is 0.0327. The molecule has 1 aromatic carbocycles. The lowest BCUT2D eigenvalue weighted by Gasteiger charge is -2.15. The summed E-state index contributed by atoms with van der Waals surface area (Å²) < 4.78 is 13.5. The lowest BCUT2D eigenvalue weighted by molar-refractivity contribution is -0.137. The van der Waals surface area contributed by atoms with Gasteiger partial charge in [-0.2, -0.15) is 5.26 Å². The fraction of sp³-hybridized carbons (Fsp3) is 0.385. The van der Waals surface area contributed by atoms with Gasteiger partial charge in [0.1, 0.15) is 11.1 Å². The van der Waals surface area contributed by atoms with Crippen molar-refractivity contribution in [1.29, 1.82) is 5.26 Å². The van der Waals surface area contributed by atoms with Crippen LogP contribution in [0, 0.1) is 23.1 Å². The predicted octanol–water partition coefficient (Wildman–Crippen LogP) is 3.04. The maximum absolute atomic E-state index is 13.5. The maximum Gasteiger partial charge on any atom is 0.316 e. The average molecular weight is 267 g/mol. The quantitative estimate of drug-likeness (QED) is 0.890. The summed E-state index contributed by atoms with van der Waals surface area (Å²) in [4.78, 5) is 11.0. The van der Waals surface area contributed by atoms with Crippen LogP contribution in [-0.4, -0.2) is 16.3 Å². The molecule has 0 aliphatic heterocycles. The van der Waals surface area contributed by atoms with Crippen molar-refractivity contribution in [2.24, 2.45) is 5.92 Å². The predicted molar refractivity (Wildman–Crippen MR) is 68.7 cm³/mol. The Hall–Kier alpha value is -1.54. The summed E-state index contributed by atoms with van der Waals surface area (Å²) in [6, 6.07) is 6.03. The number of nitriles is 1. The van der Waals surface area contributed by atoms with Gasteiger partial charge in [-0.25, -0.2) is 4.39 Å². The second-order valence-corrected chi connectivity index (χ2v) is 5.36. The summed E-state index contributed by atoms with van der Waals surface area (Å²) >= 11 is 1.18. The summed E-state index contributed by atoms with van der Waals surface area (Å²) in [5.41, 5.74) is 0.745. The number of halogens is 1. The molecule has 0 fully saturated rings. The van der Waals surface area contributed by atoms with Gasteiger partial charge in [0.25, 0.3) is 0 Å². The highest BCUT2D eigenvalue weighted by atomic mass is 32.2. The smallest absolute Gasteiger partial charge is 0.316 e. The molecule has 0 aliphatic rings. The molecule has 1 unspecified atom stereocenters. The molecule has 5 heteroatoms. The Morgan fingerprint density at radius 2 is 2.22 bits per heavy atom. The Bertz CT molecular complexity index is 482. The largest absolute Gasteiger partial charge is 0.480 e. The number of carbonyl (C=O) groups is 1. The van der Waals surface area contributed by atoms with Crippen molar-refractivity contribution in [2.45, 2.75) is 24.9 Å². The zero-order valence-corrected chi connectivity index (χ0v) is 11.0. The van der Waals surface area contributed by atoms with Gasteiger partial charge in [0.15, 0.2) is 0 Å². The molecular formula is C13H14FNO2S. The number of aliphatic carboxylic acids is 1. The third-order valence-corrected chi connectivity index (χ3v) is 4.02. The topological polar surface area (TPSA) is 61.1 Å². The van der Waals surface area contributed by atoms with Crippen LogP contribution in [0.25, 0.3) is 0 Å². The first-order valence-corrected chi connectivity index (χ1v) is 6.53. The van der Waals surface area contributed by atoms with E-state index >= 15 is 0 Å². The van der Waals surface area contributed by atoms with Crippen molar-refractivity contribution in [2.75, 3.05) is 0 Å². The van der Waals surface area contributed by atoms with Crippen LogP contribution < -0.4 is 0 Å². The number of carboxylic acid groups (broad SMARTS) is 1. The number of benzene rings is 1. The highest BCUT2D eigenvalue weighted by molar-refractivity contribution is 7.99. The highest BCUT2D eigenvalue weighted by Crippen LogP contribution is 2.25. The molecule has 1 atom stereocenters. The standard InChI is InChI=1S/C13H14FNO2S/c1-8(2)12(13(16)17)18-7-10-5-9(6-15)3-4-11(10)14/h3-5,8,12H,7H2,1-2H3,(H,16,17). The molecule has 0 aromatic heterocycles. The minimum Gasteiger partial charge on any atom is -0.480 e. The lowest BCUT2D eigenvalue weighted by Crippen LogP contribution is -2.22. The Kier molecular flexibility index (Phi) is 5.17. The number of rotatable bonds is 5. The van der Waals surface area contributed by atoms with Crippen LogP contribution in [-0.2, 0) is 10.5 Å². The molecule has 0 saturated heterocycles. The zero-order chi connectivity index (χ0) is 13.7.